The summed E-state index contributed by atoms with van der Waals surface area (Å²) >= 11 is 0. The van der Waals surface area contributed by atoms with E-state index in [9.17, 15) is 9.90 Å². The molecule has 0 saturated heterocycles. The second-order valence-electron chi connectivity index (χ2n) is 5.47. The van der Waals surface area contributed by atoms with Gasteiger partial charge in [-0.05, 0) is 30.0 Å². The summed E-state index contributed by atoms with van der Waals surface area (Å²) in [5, 5.41) is 12.6. The zero-order chi connectivity index (χ0) is 15.8. The first-order valence-corrected chi connectivity index (χ1v) is 7.78. The van der Waals surface area contributed by atoms with Crippen molar-refractivity contribution in [2.45, 2.75) is 32.3 Å². The maximum atomic E-state index is 12.3. The number of carbonyl (C=O) groups is 1. The van der Waals surface area contributed by atoms with E-state index < -0.39 is 6.10 Å². The largest absolute Gasteiger partial charge is 0.391 e. The minimum Gasteiger partial charge on any atom is -0.391 e. The third kappa shape index (κ3) is 4.71. The van der Waals surface area contributed by atoms with E-state index in [1.807, 2.05) is 49.4 Å². The van der Waals surface area contributed by atoms with Crippen molar-refractivity contribution in [2.75, 3.05) is 6.54 Å². The van der Waals surface area contributed by atoms with Crippen LogP contribution in [0.5, 0.6) is 0 Å². The fourth-order valence-electron chi connectivity index (χ4n) is 2.45. The summed E-state index contributed by atoms with van der Waals surface area (Å²) < 4.78 is 0. The van der Waals surface area contributed by atoms with Crippen LogP contribution in [0.25, 0.3) is 0 Å². The molecule has 0 heterocycles. The summed E-state index contributed by atoms with van der Waals surface area (Å²) in [5.74, 6) is -0.123. The predicted octanol–water partition coefficient (Wildman–Crippen LogP) is 3.17. The Balaban J connectivity index is 2.06. The topological polar surface area (TPSA) is 49.3 Å². The number of aliphatic hydroxyl groups is 1. The van der Waals surface area contributed by atoms with Gasteiger partial charge in [0.05, 0.1) is 6.10 Å². The highest BCUT2D eigenvalue weighted by Crippen LogP contribution is 2.14. The molecule has 1 atom stereocenters. The van der Waals surface area contributed by atoms with Crippen LogP contribution in [0.15, 0.2) is 54.6 Å². The van der Waals surface area contributed by atoms with Gasteiger partial charge in [0.25, 0.3) is 5.91 Å². The lowest BCUT2D eigenvalue weighted by atomic mass is 9.99. The fourth-order valence-corrected chi connectivity index (χ4v) is 2.45. The third-order valence-electron chi connectivity index (χ3n) is 3.62. The van der Waals surface area contributed by atoms with Gasteiger partial charge in [-0.2, -0.15) is 0 Å². The van der Waals surface area contributed by atoms with Crippen molar-refractivity contribution in [1.29, 1.82) is 0 Å². The molecule has 0 aliphatic rings. The summed E-state index contributed by atoms with van der Waals surface area (Å²) in [4.78, 5) is 12.3. The number of amides is 1. The Bertz CT molecular complexity index is 595. The first-order valence-electron chi connectivity index (χ1n) is 7.78. The number of hydrogen-bond donors (Lipinski definition) is 2. The molecular weight excluding hydrogens is 274 g/mol. The van der Waals surface area contributed by atoms with Crippen molar-refractivity contribution in [3.05, 3.63) is 71.3 Å². The van der Waals surface area contributed by atoms with E-state index in [2.05, 4.69) is 17.4 Å². The molecule has 2 N–H and O–H groups in total. The number of rotatable bonds is 7. The van der Waals surface area contributed by atoms with Gasteiger partial charge in [0.15, 0.2) is 0 Å². The molecule has 0 bridgehead atoms. The lowest BCUT2D eigenvalue weighted by Crippen LogP contribution is -2.32. The van der Waals surface area contributed by atoms with Gasteiger partial charge in [-0.25, -0.2) is 0 Å². The van der Waals surface area contributed by atoms with Gasteiger partial charge in [0, 0.05) is 12.1 Å². The van der Waals surface area contributed by atoms with Crippen LogP contribution in [-0.2, 0) is 6.42 Å². The Kier molecular flexibility index (Phi) is 6.16. The Morgan fingerprint density at radius 3 is 2.50 bits per heavy atom. The molecule has 0 radical (unpaired) electrons. The van der Waals surface area contributed by atoms with E-state index in [4.69, 9.17) is 0 Å². The molecular formula is C19H23NO2. The Hall–Kier alpha value is -2.13. The molecule has 2 rings (SSSR count). The van der Waals surface area contributed by atoms with E-state index >= 15 is 0 Å². The highest BCUT2D eigenvalue weighted by Gasteiger charge is 2.12. The molecule has 3 nitrogen and oxygen atoms in total. The maximum absolute atomic E-state index is 12.3. The number of nitrogens with one attached hydrogen (secondary N) is 1. The van der Waals surface area contributed by atoms with Gasteiger partial charge in [0.1, 0.15) is 0 Å². The van der Waals surface area contributed by atoms with Crippen LogP contribution in [0.3, 0.4) is 0 Å². The fraction of sp³-hybridized carbons (Fsp3) is 0.316. The van der Waals surface area contributed by atoms with Gasteiger partial charge in [0.2, 0.25) is 0 Å². The second kappa shape index (κ2) is 8.35. The Labute approximate surface area is 132 Å². The van der Waals surface area contributed by atoms with E-state index in [1.165, 1.54) is 5.56 Å². The Morgan fingerprint density at radius 1 is 1.09 bits per heavy atom. The van der Waals surface area contributed by atoms with Crippen LogP contribution in [0.1, 0.15) is 41.3 Å². The molecule has 1 amide bonds. The first-order chi connectivity index (χ1) is 10.7. The monoisotopic (exact) mass is 297 g/mol. The normalized spacial score (nSPS) is 11.9. The molecule has 0 aliphatic carbocycles. The second-order valence-corrected chi connectivity index (χ2v) is 5.47. The molecule has 1 unspecified atom stereocenters. The van der Waals surface area contributed by atoms with E-state index in [0.29, 0.717) is 18.5 Å². The zero-order valence-electron chi connectivity index (χ0n) is 13.0. The molecule has 22 heavy (non-hydrogen) atoms. The standard InChI is InChI=1S/C19H23NO2/c1-2-8-17(21)14-20-19(22)18-12-7-6-11-16(18)13-15-9-4-3-5-10-15/h3-7,9-12,17,21H,2,8,13-14H2,1H3,(H,20,22). The van der Waals surface area contributed by atoms with Crippen molar-refractivity contribution >= 4 is 5.91 Å². The number of benzene rings is 2. The minimum absolute atomic E-state index is 0.123. The van der Waals surface area contributed by atoms with Crippen LogP contribution in [0.4, 0.5) is 0 Å². The molecule has 2 aromatic rings. The van der Waals surface area contributed by atoms with Crippen LogP contribution < -0.4 is 5.32 Å². The van der Waals surface area contributed by atoms with Crippen LogP contribution >= 0.6 is 0 Å². The lowest BCUT2D eigenvalue weighted by Gasteiger charge is -2.13. The van der Waals surface area contributed by atoms with Crippen LogP contribution in [0, 0.1) is 0 Å². The summed E-state index contributed by atoms with van der Waals surface area (Å²) in [7, 11) is 0. The number of carbonyl (C=O) groups excluding carboxylic acids is 1. The molecule has 0 saturated carbocycles. The van der Waals surface area contributed by atoms with Gasteiger partial charge >= 0.3 is 0 Å². The minimum atomic E-state index is -0.477. The summed E-state index contributed by atoms with van der Waals surface area (Å²) in [5.41, 5.74) is 2.85. The summed E-state index contributed by atoms with van der Waals surface area (Å²) in [6.07, 6.45) is 1.85. The van der Waals surface area contributed by atoms with E-state index in [1.54, 1.807) is 0 Å². The molecule has 0 fully saturated rings. The van der Waals surface area contributed by atoms with Crippen molar-refractivity contribution in [3.63, 3.8) is 0 Å². The summed E-state index contributed by atoms with van der Waals surface area (Å²) in [6.45, 7) is 2.31. The van der Waals surface area contributed by atoms with E-state index in [-0.39, 0.29) is 5.91 Å². The van der Waals surface area contributed by atoms with Gasteiger partial charge in [-0.3, -0.25) is 4.79 Å². The number of aliphatic hydroxyl groups excluding tert-OH is 1. The van der Waals surface area contributed by atoms with Crippen molar-refractivity contribution in [3.8, 4) is 0 Å². The van der Waals surface area contributed by atoms with Crippen molar-refractivity contribution in [1.82, 2.24) is 5.32 Å². The molecule has 0 spiro atoms. The summed E-state index contributed by atoms with van der Waals surface area (Å²) in [6, 6.07) is 17.7. The molecule has 0 aliphatic heterocycles. The smallest absolute Gasteiger partial charge is 0.251 e. The van der Waals surface area contributed by atoms with Gasteiger partial charge < -0.3 is 10.4 Å². The van der Waals surface area contributed by atoms with Gasteiger partial charge in [-0.1, -0.05) is 61.9 Å². The first kappa shape index (κ1) is 16.2. The predicted molar refractivity (Wildman–Crippen MR) is 88.9 cm³/mol. The molecule has 3 heteroatoms. The maximum Gasteiger partial charge on any atom is 0.251 e. The number of hydrogen-bond acceptors (Lipinski definition) is 2. The van der Waals surface area contributed by atoms with Crippen molar-refractivity contribution in [2.24, 2.45) is 0 Å². The zero-order valence-corrected chi connectivity index (χ0v) is 13.0. The van der Waals surface area contributed by atoms with Crippen molar-refractivity contribution < 1.29 is 9.90 Å². The highest BCUT2D eigenvalue weighted by molar-refractivity contribution is 5.95. The molecule has 0 aromatic heterocycles. The highest BCUT2D eigenvalue weighted by atomic mass is 16.3. The molecule has 116 valence electrons. The average Bonchev–Trinajstić information content (AvgIpc) is 2.54. The average molecular weight is 297 g/mol. The third-order valence-corrected chi connectivity index (χ3v) is 3.62. The van der Waals surface area contributed by atoms with E-state index in [0.717, 1.165) is 18.4 Å². The van der Waals surface area contributed by atoms with Gasteiger partial charge in [-0.15, -0.1) is 0 Å². The molecule has 2 aromatic carbocycles. The Morgan fingerprint density at radius 2 is 1.77 bits per heavy atom. The quantitative estimate of drug-likeness (QED) is 0.824. The van der Waals surface area contributed by atoms with Crippen LogP contribution in [0.2, 0.25) is 0 Å². The van der Waals surface area contributed by atoms with Crippen LogP contribution in [-0.4, -0.2) is 23.7 Å². The lowest BCUT2D eigenvalue weighted by molar-refractivity contribution is 0.0909. The SMILES string of the molecule is CCCC(O)CNC(=O)c1ccccc1Cc1ccccc1.